The molecular weight excluding hydrogens is 228 g/mol. The number of aliphatic hydroxyl groups is 1. The van der Waals surface area contributed by atoms with Crippen LogP contribution in [0.1, 0.15) is 44.9 Å². The largest absolute Gasteiger partial charge is 0.380 e. The first-order valence-electron chi connectivity index (χ1n) is 7.42. The predicted octanol–water partition coefficient (Wildman–Crippen LogP) is 0.892. The standard InChI is InChI=1S/C14H24N2O2/c17-13(14(18)6-1-2-7-14)15-9-11-5-8-16(10-11)12-3-4-12/h11-12,18H,1-10H2,(H,15,17). The molecule has 1 unspecified atom stereocenters. The van der Waals surface area contributed by atoms with E-state index in [4.69, 9.17) is 0 Å². The molecule has 18 heavy (non-hydrogen) atoms. The van der Waals surface area contributed by atoms with Gasteiger partial charge in [-0.2, -0.15) is 0 Å². The molecule has 2 saturated carbocycles. The van der Waals surface area contributed by atoms with Crippen LogP contribution < -0.4 is 5.32 Å². The highest BCUT2D eigenvalue weighted by Gasteiger charge is 2.39. The second kappa shape index (κ2) is 4.82. The Morgan fingerprint density at radius 3 is 2.67 bits per heavy atom. The van der Waals surface area contributed by atoms with Crippen molar-refractivity contribution in [1.82, 2.24) is 10.2 Å². The quantitative estimate of drug-likeness (QED) is 0.781. The number of hydrogen-bond donors (Lipinski definition) is 2. The van der Waals surface area contributed by atoms with E-state index in [9.17, 15) is 9.90 Å². The minimum atomic E-state index is -1.06. The Kier molecular flexibility index (Phi) is 3.32. The van der Waals surface area contributed by atoms with E-state index in [-0.39, 0.29) is 5.91 Å². The van der Waals surface area contributed by atoms with Crippen LogP contribution in [0.25, 0.3) is 0 Å². The van der Waals surface area contributed by atoms with Gasteiger partial charge in [-0.15, -0.1) is 0 Å². The molecule has 0 aromatic heterocycles. The second-order valence-corrected chi connectivity index (χ2v) is 6.33. The molecule has 0 spiro atoms. The van der Waals surface area contributed by atoms with Gasteiger partial charge >= 0.3 is 0 Å². The Bertz CT molecular complexity index is 322. The van der Waals surface area contributed by atoms with Gasteiger partial charge in [0.05, 0.1) is 0 Å². The van der Waals surface area contributed by atoms with Crippen molar-refractivity contribution in [2.45, 2.75) is 56.6 Å². The number of carbonyl (C=O) groups excluding carboxylic acids is 1. The fourth-order valence-electron chi connectivity index (χ4n) is 3.39. The number of hydrogen-bond acceptors (Lipinski definition) is 3. The van der Waals surface area contributed by atoms with Crippen molar-refractivity contribution in [1.29, 1.82) is 0 Å². The van der Waals surface area contributed by atoms with Crippen LogP contribution in [0.5, 0.6) is 0 Å². The summed E-state index contributed by atoms with van der Waals surface area (Å²) in [6, 6.07) is 0.838. The SMILES string of the molecule is O=C(NCC1CCN(C2CC2)C1)C1(O)CCCC1. The number of carbonyl (C=O) groups is 1. The maximum Gasteiger partial charge on any atom is 0.251 e. The lowest BCUT2D eigenvalue weighted by Gasteiger charge is -2.22. The van der Waals surface area contributed by atoms with Crippen LogP contribution in [-0.4, -0.2) is 47.2 Å². The third kappa shape index (κ3) is 2.54. The average Bonchev–Trinajstić information content (AvgIpc) is 2.94. The van der Waals surface area contributed by atoms with Crippen molar-refractivity contribution in [2.75, 3.05) is 19.6 Å². The molecule has 3 aliphatic rings. The Morgan fingerprint density at radius 1 is 1.28 bits per heavy atom. The zero-order valence-electron chi connectivity index (χ0n) is 11.0. The number of likely N-dealkylation sites (tertiary alicyclic amines) is 1. The van der Waals surface area contributed by atoms with Crippen molar-refractivity contribution in [3.63, 3.8) is 0 Å². The van der Waals surface area contributed by atoms with Crippen LogP contribution in [0.4, 0.5) is 0 Å². The number of rotatable bonds is 4. The minimum absolute atomic E-state index is 0.134. The molecule has 0 aromatic carbocycles. The van der Waals surface area contributed by atoms with Gasteiger partial charge in [0.1, 0.15) is 5.60 Å². The summed E-state index contributed by atoms with van der Waals surface area (Å²) in [6.45, 7) is 3.06. The highest BCUT2D eigenvalue weighted by Crippen LogP contribution is 2.32. The summed E-state index contributed by atoms with van der Waals surface area (Å²) >= 11 is 0. The summed E-state index contributed by atoms with van der Waals surface area (Å²) < 4.78 is 0. The van der Waals surface area contributed by atoms with Crippen LogP contribution >= 0.6 is 0 Å². The fraction of sp³-hybridized carbons (Fsp3) is 0.929. The molecule has 1 saturated heterocycles. The highest BCUT2D eigenvalue weighted by atomic mass is 16.3. The van der Waals surface area contributed by atoms with Gasteiger partial charge in [-0.25, -0.2) is 0 Å². The smallest absolute Gasteiger partial charge is 0.251 e. The molecule has 1 amide bonds. The third-order valence-corrected chi connectivity index (χ3v) is 4.79. The van der Waals surface area contributed by atoms with Crippen molar-refractivity contribution in [3.05, 3.63) is 0 Å². The Hall–Kier alpha value is -0.610. The summed E-state index contributed by atoms with van der Waals surface area (Å²) in [5.74, 6) is 0.449. The number of nitrogens with zero attached hydrogens (tertiary/aromatic N) is 1. The molecule has 102 valence electrons. The zero-order valence-corrected chi connectivity index (χ0v) is 11.0. The monoisotopic (exact) mass is 252 g/mol. The molecule has 1 heterocycles. The van der Waals surface area contributed by atoms with Gasteiger partial charge in [-0.3, -0.25) is 4.79 Å². The van der Waals surface area contributed by atoms with Crippen LogP contribution in [0.3, 0.4) is 0 Å². The minimum Gasteiger partial charge on any atom is -0.380 e. The van der Waals surface area contributed by atoms with Crippen molar-refractivity contribution >= 4 is 5.91 Å². The first-order chi connectivity index (χ1) is 8.67. The molecule has 2 aliphatic carbocycles. The Morgan fingerprint density at radius 2 is 2.00 bits per heavy atom. The molecule has 1 atom stereocenters. The summed E-state index contributed by atoms with van der Waals surface area (Å²) in [5.41, 5.74) is -1.06. The molecule has 4 nitrogen and oxygen atoms in total. The van der Waals surface area contributed by atoms with Gasteiger partial charge in [-0.1, -0.05) is 0 Å². The maximum atomic E-state index is 12.0. The van der Waals surface area contributed by atoms with E-state index in [1.165, 1.54) is 25.8 Å². The van der Waals surface area contributed by atoms with Crippen LogP contribution in [0, 0.1) is 5.92 Å². The van der Waals surface area contributed by atoms with E-state index in [1.807, 2.05) is 0 Å². The first-order valence-corrected chi connectivity index (χ1v) is 7.42. The van der Waals surface area contributed by atoms with Crippen LogP contribution in [-0.2, 0) is 4.79 Å². The van der Waals surface area contributed by atoms with Gasteiger partial charge in [0.25, 0.3) is 5.91 Å². The van der Waals surface area contributed by atoms with E-state index in [2.05, 4.69) is 10.2 Å². The third-order valence-electron chi connectivity index (χ3n) is 4.79. The molecular formula is C14H24N2O2. The van der Waals surface area contributed by atoms with E-state index < -0.39 is 5.60 Å². The summed E-state index contributed by atoms with van der Waals surface area (Å²) in [4.78, 5) is 14.5. The molecule has 3 rings (SSSR count). The number of amides is 1. The lowest BCUT2D eigenvalue weighted by Crippen LogP contribution is -2.46. The molecule has 3 fully saturated rings. The van der Waals surface area contributed by atoms with Crippen molar-refractivity contribution in [3.8, 4) is 0 Å². The predicted molar refractivity (Wildman–Crippen MR) is 69.1 cm³/mol. The topological polar surface area (TPSA) is 52.6 Å². The van der Waals surface area contributed by atoms with Crippen LogP contribution in [0.15, 0.2) is 0 Å². The van der Waals surface area contributed by atoms with E-state index >= 15 is 0 Å². The molecule has 1 aliphatic heterocycles. The Balaban J connectivity index is 1.42. The number of nitrogens with one attached hydrogen (secondary N) is 1. The molecule has 0 bridgehead atoms. The van der Waals surface area contributed by atoms with Gasteiger partial charge in [0, 0.05) is 19.1 Å². The zero-order chi connectivity index (χ0) is 12.6. The maximum absolute atomic E-state index is 12.0. The van der Waals surface area contributed by atoms with E-state index in [1.54, 1.807) is 0 Å². The molecule has 0 radical (unpaired) electrons. The molecule has 4 heteroatoms. The van der Waals surface area contributed by atoms with Crippen molar-refractivity contribution < 1.29 is 9.90 Å². The summed E-state index contributed by atoms with van der Waals surface area (Å²) in [7, 11) is 0. The normalized spacial score (nSPS) is 31.7. The summed E-state index contributed by atoms with van der Waals surface area (Å²) in [6.07, 6.45) is 7.13. The van der Waals surface area contributed by atoms with Crippen LogP contribution in [0.2, 0.25) is 0 Å². The second-order valence-electron chi connectivity index (χ2n) is 6.33. The van der Waals surface area contributed by atoms with Crippen molar-refractivity contribution in [2.24, 2.45) is 5.92 Å². The Labute approximate surface area is 109 Å². The fourth-order valence-corrected chi connectivity index (χ4v) is 3.39. The lowest BCUT2D eigenvalue weighted by molar-refractivity contribution is -0.139. The molecule has 0 aromatic rings. The summed E-state index contributed by atoms with van der Waals surface area (Å²) in [5, 5.41) is 13.1. The van der Waals surface area contributed by atoms with Gasteiger partial charge in [-0.05, 0) is 57.4 Å². The molecule has 2 N–H and O–H groups in total. The van der Waals surface area contributed by atoms with Gasteiger partial charge < -0.3 is 15.3 Å². The lowest BCUT2D eigenvalue weighted by atomic mass is 10.0. The first kappa shape index (κ1) is 12.4. The van der Waals surface area contributed by atoms with E-state index in [0.29, 0.717) is 18.8 Å². The highest BCUT2D eigenvalue weighted by molar-refractivity contribution is 5.85. The average molecular weight is 252 g/mol. The van der Waals surface area contributed by atoms with Gasteiger partial charge in [0.2, 0.25) is 0 Å². The van der Waals surface area contributed by atoms with Gasteiger partial charge in [0.15, 0.2) is 0 Å². The van der Waals surface area contributed by atoms with E-state index in [0.717, 1.165) is 32.0 Å².